The molecule has 1 unspecified atom stereocenters. The van der Waals surface area contributed by atoms with E-state index in [1.54, 1.807) is 37.3 Å². The van der Waals surface area contributed by atoms with Crippen LogP contribution in [0.5, 0.6) is 11.5 Å². The highest BCUT2D eigenvalue weighted by Gasteiger charge is 2.43. The summed E-state index contributed by atoms with van der Waals surface area (Å²) in [6.07, 6.45) is 0.678. The molecule has 42 heavy (non-hydrogen) atoms. The molecule has 2 aliphatic heterocycles. The highest BCUT2D eigenvalue weighted by molar-refractivity contribution is 7.89. The summed E-state index contributed by atoms with van der Waals surface area (Å²) in [5.74, 6) is -1.52. The molecule has 0 radical (unpaired) electrons. The molecule has 10 nitrogen and oxygen atoms in total. The van der Waals surface area contributed by atoms with Crippen molar-refractivity contribution >= 4 is 27.6 Å². The zero-order valence-corrected chi connectivity index (χ0v) is 24.1. The normalized spacial score (nSPS) is 17.9. The van der Waals surface area contributed by atoms with Crippen LogP contribution in [0.15, 0.2) is 77.7 Å². The summed E-state index contributed by atoms with van der Waals surface area (Å²) in [7, 11) is -4.06. The van der Waals surface area contributed by atoms with Crippen molar-refractivity contribution in [3.05, 3.63) is 89.5 Å². The van der Waals surface area contributed by atoms with E-state index in [9.17, 15) is 22.8 Å². The van der Waals surface area contributed by atoms with Crippen molar-refractivity contribution in [2.45, 2.75) is 43.2 Å². The van der Waals surface area contributed by atoms with Gasteiger partial charge in [0.15, 0.2) is 11.5 Å². The number of nitrogens with zero attached hydrogens (tertiary/aromatic N) is 1. The predicted octanol–water partition coefficient (Wildman–Crippen LogP) is 2.05. The second kappa shape index (κ2) is 12.7. The maximum atomic E-state index is 13.7. The highest BCUT2D eigenvalue weighted by Crippen LogP contribution is 2.39. The first-order valence-electron chi connectivity index (χ1n) is 13.9. The van der Waals surface area contributed by atoms with E-state index in [-0.39, 0.29) is 30.8 Å². The van der Waals surface area contributed by atoms with Gasteiger partial charge in [-0.05, 0) is 35.6 Å². The summed E-state index contributed by atoms with van der Waals surface area (Å²) in [4.78, 5) is 40.0. The fourth-order valence-electron chi connectivity index (χ4n) is 5.27. The average molecular weight is 592 g/mol. The van der Waals surface area contributed by atoms with Gasteiger partial charge in [0, 0.05) is 25.6 Å². The highest BCUT2D eigenvalue weighted by atomic mass is 32.2. The van der Waals surface area contributed by atoms with Gasteiger partial charge in [0.05, 0.1) is 4.90 Å². The van der Waals surface area contributed by atoms with Crippen molar-refractivity contribution in [3.63, 3.8) is 0 Å². The van der Waals surface area contributed by atoms with Gasteiger partial charge < -0.3 is 20.1 Å². The van der Waals surface area contributed by atoms with Gasteiger partial charge >= 0.3 is 0 Å². The van der Waals surface area contributed by atoms with Crippen LogP contribution in [0.25, 0.3) is 0 Å². The second-order valence-electron chi connectivity index (χ2n) is 10.1. The van der Waals surface area contributed by atoms with Crippen LogP contribution in [-0.2, 0) is 43.7 Å². The number of benzene rings is 3. The molecule has 0 fully saturated rings. The summed E-state index contributed by atoms with van der Waals surface area (Å²) in [6.45, 7) is 2.57. The lowest BCUT2D eigenvalue weighted by atomic mass is 9.99. The summed E-state index contributed by atoms with van der Waals surface area (Å²) in [5.41, 5.74) is 2.18. The van der Waals surface area contributed by atoms with E-state index >= 15 is 0 Å². The number of sulfonamides is 1. The zero-order chi connectivity index (χ0) is 29.7. The molecule has 2 aliphatic rings. The van der Waals surface area contributed by atoms with E-state index in [0.717, 1.165) is 15.4 Å². The van der Waals surface area contributed by atoms with Gasteiger partial charge in [-0.3, -0.25) is 14.4 Å². The van der Waals surface area contributed by atoms with E-state index in [1.807, 2.05) is 36.4 Å². The van der Waals surface area contributed by atoms with Gasteiger partial charge in [0.1, 0.15) is 25.3 Å². The van der Waals surface area contributed by atoms with Crippen LogP contribution >= 0.6 is 0 Å². The van der Waals surface area contributed by atoms with Crippen LogP contribution in [-0.4, -0.2) is 68.7 Å². The molecule has 2 amide bonds. The van der Waals surface area contributed by atoms with E-state index < -0.39 is 39.7 Å². The maximum Gasteiger partial charge on any atom is 0.289 e. The Hall–Kier alpha value is -4.22. The zero-order valence-electron chi connectivity index (χ0n) is 23.2. The van der Waals surface area contributed by atoms with E-state index in [0.29, 0.717) is 36.7 Å². The molecule has 0 aromatic heterocycles. The first kappa shape index (κ1) is 29.3. The monoisotopic (exact) mass is 591 g/mol. The molecule has 2 N–H and O–H groups in total. The molecule has 5 rings (SSSR count). The molecule has 2 atom stereocenters. The number of Topliss-reactive ketones (excluding diaryl/α,β-unsaturated/α-hetero) is 1. The number of fused-ring (bicyclic) bond motifs is 2. The lowest BCUT2D eigenvalue weighted by molar-refractivity contribution is -0.140. The molecular formula is C31H33N3O7S. The van der Waals surface area contributed by atoms with Gasteiger partial charge in [-0.15, -0.1) is 0 Å². The van der Waals surface area contributed by atoms with Crippen molar-refractivity contribution in [1.82, 2.24) is 14.9 Å². The van der Waals surface area contributed by atoms with Crippen molar-refractivity contribution < 1.29 is 32.3 Å². The number of carbonyl (C=O) groups excluding carboxylic acids is 3. The van der Waals surface area contributed by atoms with E-state index in [1.165, 1.54) is 6.07 Å². The van der Waals surface area contributed by atoms with Crippen molar-refractivity contribution in [3.8, 4) is 11.5 Å². The van der Waals surface area contributed by atoms with Crippen LogP contribution < -0.4 is 20.1 Å². The van der Waals surface area contributed by atoms with E-state index in [2.05, 4.69) is 10.6 Å². The van der Waals surface area contributed by atoms with Crippen LogP contribution in [0.3, 0.4) is 0 Å². The summed E-state index contributed by atoms with van der Waals surface area (Å²) in [5, 5.41) is 5.36. The lowest BCUT2D eigenvalue weighted by Crippen LogP contribution is -2.57. The summed E-state index contributed by atoms with van der Waals surface area (Å²) in [6, 6.07) is 19.3. The summed E-state index contributed by atoms with van der Waals surface area (Å²) < 4.78 is 39.5. The molecule has 0 spiro atoms. The Morgan fingerprint density at radius 2 is 1.55 bits per heavy atom. The van der Waals surface area contributed by atoms with Crippen LogP contribution in [0.2, 0.25) is 0 Å². The Labute approximate surface area is 245 Å². The first-order valence-corrected chi connectivity index (χ1v) is 15.4. The number of rotatable bonds is 10. The molecular weight excluding hydrogens is 558 g/mol. The average Bonchev–Trinajstić information content (AvgIpc) is 3.00. The quantitative estimate of drug-likeness (QED) is 0.345. The minimum atomic E-state index is -4.06. The predicted molar refractivity (Wildman–Crippen MR) is 155 cm³/mol. The molecule has 2 heterocycles. The molecule has 0 aliphatic carbocycles. The van der Waals surface area contributed by atoms with Gasteiger partial charge in [0.25, 0.3) is 5.91 Å². The molecule has 3 aromatic rings. The number of ketones is 1. The Kier molecular flexibility index (Phi) is 8.89. The third-order valence-corrected chi connectivity index (χ3v) is 9.43. The number of amides is 2. The Morgan fingerprint density at radius 1 is 0.929 bits per heavy atom. The Balaban J connectivity index is 1.36. The standard InChI is InChI=1S/C31H33N3O7S/c1-2-34-25(18-23-19-26-27(41-16-15-40-26)20-28(23)42(34,38)39)30(36)33-24(17-22-11-7-4-8-12-22)29(35)31(37)32-14-13-21-9-5-3-6-10-21/h3-12,19-20,24-25H,2,13-18H2,1H3,(H,32,37)(H,33,36)/t24-,25?/m0/s1. The number of likely N-dealkylation sites (N-methyl/N-ethyl adjacent to an activating group) is 1. The second-order valence-corrected chi connectivity index (χ2v) is 12.0. The SMILES string of the molecule is CCN1C(C(=O)N[C@@H](Cc2ccccc2)C(=O)C(=O)NCCc2ccccc2)Cc2cc3c(cc2S1(=O)=O)OCCO3. The van der Waals surface area contributed by atoms with Crippen LogP contribution in [0.4, 0.5) is 0 Å². The Morgan fingerprint density at radius 3 is 2.19 bits per heavy atom. The molecule has 220 valence electrons. The van der Waals surface area contributed by atoms with Gasteiger partial charge in [0.2, 0.25) is 21.7 Å². The molecule has 0 saturated carbocycles. The molecule has 0 saturated heterocycles. The maximum absolute atomic E-state index is 13.7. The third-order valence-electron chi connectivity index (χ3n) is 7.37. The van der Waals surface area contributed by atoms with Gasteiger partial charge in [-0.2, -0.15) is 4.31 Å². The van der Waals surface area contributed by atoms with Crippen molar-refractivity contribution in [2.75, 3.05) is 26.3 Å². The van der Waals surface area contributed by atoms with Gasteiger partial charge in [-0.1, -0.05) is 67.6 Å². The third kappa shape index (κ3) is 6.32. The smallest absolute Gasteiger partial charge is 0.289 e. The lowest BCUT2D eigenvalue weighted by Gasteiger charge is -2.35. The molecule has 0 bridgehead atoms. The number of nitrogens with one attached hydrogen (secondary N) is 2. The first-order chi connectivity index (χ1) is 20.3. The number of hydrogen-bond acceptors (Lipinski definition) is 7. The number of ether oxygens (including phenoxy) is 2. The Bertz CT molecular complexity index is 1560. The molecule has 11 heteroatoms. The molecule has 3 aromatic carbocycles. The van der Waals surface area contributed by atoms with Gasteiger partial charge in [-0.25, -0.2) is 8.42 Å². The van der Waals surface area contributed by atoms with Crippen LogP contribution in [0, 0.1) is 0 Å². The largest absolute Gasteiger partial charge is 0.486 e. The van der Waals surface area contributed by atoms with Crippen molar-refractivity contribution in [2.24, 2.45) is 0 Å². The summed E-state index contributed by atoms with van der Waals surface area (Å²) >= 11 is 0. The number of hydrogen-bond donors (Lipinski definition) is 2. The van der Waals surface area contributed by atoms with E-state index in [4.69, 9.17) is 9.47 Å². The minimum Gasteiger partial charge on any atom is -0.486 e. The minimum absolute atomic E-state index is 0.0333. The van der Waals surface area contributed by atoms with Crippen LogP contribution in [0.1, 0.15) is 23.6 Å². The fourth-order valence-corrected chi connectivity index (χ4v) is 7.09. The number of carbonyl (C=O) groups is 3. The fraction of sp³-hybridized carbons (Fsp3) is 0.323. The van der Waals surface area contributed by atoms with Crippen molar-refractivity contribution in [1.29, 1.82) is 0 Å². The topological polar surface area (TPSA) is 131 Å².